The van der Waals surface area contributed by atoms with Gasteiger partial charge in [0.1, 0.15) is 5.82 Å². The van der Waals surface area contributed by atoms with Gasteiger partial charge in [-0.15, -0.1) is 6.42 Å². The zero-order valence-corrected chi connectivity index (χ0v) is 8.30. The average molecular weight is 225 g/mol. The van der Waals surface area contributed by atoms with E-state index in [1.54, 1.807) is 6.20 Å². The van der Waals surface area contributed by atoms with Crippen molar-refractivity contribution in [1.82, 2.24) is 4.98 Å². The zero-order chi connectivity index (χ0) is 8.97. The summed E-state index contributed by atoms with van der Waals surface area (Å²) >= 11 is 3.36. The number of nitrogens with zero attached hydrogens (tertiary/aromatic N) is 1. The van der Waals surface area contributed by atoms with Crippen LogP contribution < -0.4 is 5.32 Å². The maximum Gasteiger partial charge on any atom is 0.141 e. The smallest absolute Gasteiger partial charge is 0.141 e. The number of nitrogens with one attached hydrogen (secondary N) is 1. The molecule has 0 amide bonds. The minimum absolute atomic E-state index is 0.00352. The van der Waals surface area contributed by atoms with Gasteiger partial charge in [-0.1, -0.05) is 5.92 Å². The van der Waals surface area contributed by atoms with Crippen molar-refractivity contribution in [2.45, 2.75) is 13.0 Å². The molecule has 62 valence electrons. The highest BCUT2D eigenvalue weighted by molar-refractivity contribution is 9.10. The highest BCUT2D eigenvalue weighted by Crippen LogP contribution is 2.18. The molecule has 0 radical (unpaired) electrons. The third-order valence-electron chi connectivity index (χ3n) is 1.36. The molecule has 0 fully saturated rings. The van der Waals surface area contributed by atoms with Crippen molar-refractivity contribution in [3.8, 4) is 12.3 Å². The lowest BCUT2D eigenvalue weighted by atomic mass is 10.3. The number of anilines is 1. The van der Waals surface area contributed by atoms with E-state index in [2.05, 4.69) is 32.2 Å². The second-order valence-electron chi connectivity index (χ2n) is 2.37. The second-order valence-corrected chi connectivity index (χ2v) is 3.22. The number of aromatic nitrogens is 1. The Morgan fingerprint density at radius 1 is 1.75 bits per heavy atom. The van der Waals surface area contributed by atoms with Crippen molar-refractivity contribution in [2.75, 3.05) is 5.32 Å². The predicted octanol–water partition coefficient (Wildman–Crippen LogP) is 2.28. The molecule has 0 bridgehead atoms. The first kappa shape index (κ1) is 9.08. The predicted molar refractivity (Wildman–Crippen MR) is 53.9 cm³/mol. The first-order valence-corrected chi connectivity index (χ1v) is 4.36. The van der Waals surface area contributed by atoms with Crippen LogP contribution in [-0.2, 0) is 0 Å². The summed E-state index contributed by atoms with van der Waals surface area (Å²) in [5.41, 5.74) is 0. The molecule has 3 heteroatoms. The van der Waals surface area contributed by atoms with Gasteiger partial charge in [0.25, 0.3) is 0 Å². The van der Waals surface area contributed by atoms with E-state index in [0.717, 1.165) is 10.3 Å². The van der Waals surface area contributed by atoms with Gasteiger partial charge in [-0.3, -0.25) is 0 Å². The Labute approximate surface area is 80.5 Å². The van der Waals surface area contributed by atoms with Crippen LogP contribution in [0.25, 0.3) is 0 Å². The lowest BCUT2D eigenvalue weighted by molar-refractivity contribution is 1.01. The molecule has 0 aromatic carbocycles. The molecule has 1 rings (SSSR count). The molecule has 1 unspecified atom stereocenters. The van der Waals surface area contributed by atoms with E-state index < -0.39 is 0 Å². The Bertz CT molecular complexity index is 304. The van der Waals surface area contributed by atoms with E-state index in [1.165, 1.54) is 0 Å². The highest BCUT2D eigenvalue weighted by atomic mass is 79.9. The lowest BCUT2D eigenvalue weighted by Crippen LogP contribution is -2.13. The topological polar surface area (TPSA) is 24.9 Å². The molecule has 0 spiro atoms. The summed E-state index contributed by atoms with van der Waals surface area (Å²) in [5.74, 6) is 3.35. The van der Waals surface area contributed by atoms with Gasteiger partial charge in [0.05, 0.1) is 10.5 Å². The van der Waals surface area contributed by atoms with Crippen LogP contribution >= 0.6 is 15.9 Å². The number of terminal acetylenes is 1. The number of hydrogen-bond acceptors (Lipinski definition) is 2. The van der Waals surface area contributed by atoms with Crippen LogP contribution in [-0.4, -0.2) is 11.0 Å². The maximum absolute atomic E-state index is 5.21. The standard InChI is InChI=1S/C9H9BrN2/c1-3-7(2)12-9-8(10)5-4-6-11-9/h1,4-7H,2H3,(H,11,12). The van der Waals surface area contributed by atoms with Crippen molar-refractivity contribution >= 4 is 21.7 Å². The second kappa shape index (κ2) is 4.13. The van der Waals surface area contributed by atoms with Crippen molar-refractivity contribution < 1.29 is 0 Å². The lowest BCUT2D eigenvalue weighted by Gasteiger charge is -2.08. The summed E-state index contributed by atoms with van der Waals surface area (Å²) < 4.78 is 0.923. The summed E-state index contributed by atoms with van der Waals surface area (Å²) in [5, 5.41) is 3.07. The van der Waals surface area contributed by atoms with Gasteiger partial charge < -0.3 is 5.32 Å². The highest BCUT2D eigenvalue weighted by Gasteiger charge is 2.01. The van der Waals surface area contributed by atoms with Gasteiger partial charge in [0.2, 0.25) is 0 Å². The van der Waals surface area contributed by atoms with Crippen LogP contribution in [0.3, 0.4) is 0 Å². The minimum atomic E-state index is -0.00352. The van der Waals surface area contributed by atoms with E-state index in [4.69, 9.17) is 6.42 Å². The fourth-order valence-electron chi connectivity index (χ4n) is 0.739. The number of rotatable bonds is 2. The van der Waals surface area contributed by atoms with E-state index >= 15 is 0 Å². The van der Waals surface area contributed by atoms with Gasteiger partial charge in [-0.05, 0) is 35.0 Å². The van der Waals surface area contributed by atoms with Crippen molar-refractivity contribution in [1.29, 1.82) is 0 Å². The van der Waals surface area contributed by atoms with Crippen LogP contribution in [0.15, 0.2) is 22.8 Å². The van der Waals surface area contributed by atoms with E-state index in [-0.39, 0.29) is 6.04 Å². The Morgan fingerprint density at radius 2 is 2.50 bits per heavy atom. The Kier molecular flexibility index (Phi) is 3.12. The fraction of sp³-hybridized carbons (Fsp3) is 0.222. The summed E-state index contributed by atoms with van der Waals surface area (Å²) in [4.78, 5) is 4.11. The largest absolute Gasteiger partial charge is 0.356 e. The number of halogens is 1. The molecule has 0 aliphatic rings. The minimum Gasteiger partial charge on any atom is -0.356 e. The average Bonchev–Trinajstić information content (AvgIpc) is 2.09. The third-order valence-corrected chi connectivity index (χ3v) is 2.00. The Balaban J connectivity index is 2.77. The summed E-state index contributed by atoms with van der Waals surface area (Å²) in [6.45, 7) is 1.90. The fourth-order valence-corrected chi connectivity index (χ4v) is 1.11. The van der Waals surface area contributed by atoms with Crippen LogP contribution in [0.1, 0.15) is 6.92 Å². The van der Waals surface area contributed by atoms with E-state index in [9.17, 15) is 0 Å². The Hall–Kier alpha value is -1.01. The molecule has 1 aromatic heterocycles. The summed E-state index contributed by atoms with van der Waals surface area (Å²) in [6.07, 6.45) is 6.93. The van der Waals surface area contributed by atoms with Crippen LogP contribution in [0, 0.1) is 12.3 Å². The molecular formula is C9H9BrN2. The number of hydrogen-bond donors (Lipinski definition) is 1. The molecule has 0 saturated heterocycles. The molecule has 1 heterocycles. The van der Waals surface area contributed by atoms with Crippen molar-refractivity contribution in [2.24, 2.45) is 0 Å². The van der Waals surface area contributed by atoms with Crippen molar-refractivity contribution in [3.63, 3.8) is 0 Å². The quantitative estimate of drug-likeness (QED) is 0.781. The molecule has 0 aliphatic carbocycles. The maximum atomic E-state index is 5.21. The molecule has 1 N–H and O–H groups in total. The van der Waals surface area contributed by atoms with Gasteiger partial charge in [0.15, 0.2) is 0 Å². The van der Waals surface area contributed by atoms with Gasteiger partial charge in [-0.2, -0.15) is 0 Å². The van der Waals surface area contributed by atoms with Crippen LogP contribution in [0.4, 0.5) is 5.82 Å². The molecule has 0 saturated carbocycles. The number of pyridine rings is 1. The van der Waals surface area contributed by atoms with Crippen LogP contribution in [0.2, 0.25) is 0 Å². The first-order valence-electron chi connectivity index (χ1n) is 3.57. The summed E-state index contributed by atoms with van der Waals surface area (Å²) in [6, 6.07) is 3.77. The summed E-state index contributed by atoms with van der Waals surface area (Å²) in [7, 11) is 0. The molecule has 2 nitrogen and oxygen atoms in total. The van der Waals surface area contributed by atoms with E-state index in [1.807, 2.05) is 19.1 Å². The Morgan fingerprint density at radius 3 is 3.08 bits per heavy atom. The normalized spacial score (nSPS) is 11.8. The molecule has 1 atom stereocenters. The SMILES string of the molecule is C#CC(C)Nc1ncccc1Br. The monoisotopic (exact) mass is 224 g/mol. The molecule has 12 heavy (non-hydrogen) atoms. The van der Waals surface area contributed by atoms with Gasteiger partial charge in [-0.25, -0.2) is 4.98 Å². The van der Waals surface area contributed by atoms with E-state index in [0.29, 0.717) is 0 Å². The van der Waals surface area contributed by atoms with Crippen LogP contribution in [0.5, 0.6) is 0 Å². The molecule has 0 aliphatic heterocycles. The molecule has 1 aromatic rings. The zero-order valence-electron chi connectivity index (χ0n) is 6.71. The van der Waals surface area contributed by atoms with Gasteiger partial charge >= 0.3 is 0 Å². The molecular weight excluding hydrogens is 216 g/mol. The third kappa shape index (κ3) is 2.24. The van der Waals surface area contributed by atoms with Crippen molar-refractivity contribution in [3.05, 3.63) is 22.8 Å². The van der Waals surface area contributed by atoms with Gasteiger partial charge in [0, 0.05) is 6.20 Å². The first-order chi connectivity index (χ1) is 5.74.